The van der Waals surface area contributed by atoms with E-state index < -0.39 is 5.56 Å². The Labute approximate surface area is 79.9 Å². The minimum Gasteiger partial charge on any atom is -0.383 e. The van der Waals surface area contributed by atoms with E-state index in [4.69, 9.17) is 5.73 Å². The van der Waals surface area contributed by atoms with Gasteiger partial charge < -0.3 is 5.73 Å². The van der Waals surface area contributed by atoms with E-state index in [2.05, 4.69) is 4.98 Å². The van der Waals surface area contributed by atoms with Crippen LogP contribution in [0.2, 0.25) is 0 Å². The number of nitrogens with two attached hydrogens (primary N) is 1. The van der Waals surface area contributed by atoms with Crippen molar-refractivity contribution in [2.45, 2.75) is 13.3 Å². The predicted molar refractivity (Wildman–Crippen MR) is 51.8 cm³/mol. The third-order valence-corrected chi connectivity index (χ3v) is 2.13. The molecule has 5 nitrogen and oxygen atoms in total. The van der Waals surface area contributed by atoms with Gasteiger partial charge >= 0.3 is 0 Å². The summed E-state index contributed by atoms with van der Waals surface area (Å²) < 4.78 is 1.04. The molecule has 1 aliphatic heterocycles. The van der Waals surface area contributed by atoms with Crippen LogP contribution in [0.4, 0.5) is 5.82 Å². The summed E-state index contributed by atoms with van der Waals surface area (Å²) in [6.07, 6.45) is 2.18. The van der Waals surface area contributed by atoms with Crippen LogP contribution in [0.3, 0.4) is 0 Å². The van der Waals surface area contributed by atoms with Crippen molar-refractivity contribution in [3.63, 3.8) is 0 Å². The van der Waals surface area contributed by atoms with Crippen molar-refractivity contribution in [3.8, 4) is 0 Å². The maximum atomic E-state index is 11.6. The molecular formula is C9H9N3O2. The topological polar surface area (TPSA) is 78.0 Å². The van der Waals surface area contributed by atoms with E-state index in [1.54, 1.807) is 6.08 Å². The molecule has 0 aromatic carbocycles. The van der Waals surface area contributed by atoms with E-state index in [-0.39, 0.29) is 11.7 Å². The quantitative estimate of drug-likeness (QED) is 0.691. The van der Waals surface area contributed by atoms with Crippen molar-refractivity contribution in [2.24, 2.45) is 0 Å². The van der Waals surface area contributed by atoms with Gasteiger partial charge in [-0.15, -0.1) is 0 Å². The highest BCUT2D eigenvalue weighted by Gasteiger charge is 2.22. The maximum absolute atomic E-state index is 11.6. The van der Waals surface area contributed by atoms with Gasteiger partial charge in [0.15, 0.2) is 0 Å². The van der Waals surface area contributed by atoms with Crippen LogP contribution in [0.25, 0.3) is 6.08 Å². The fourth-order valence-electron chi connectivity index (χ4n) is 1.43. The number of aromatic nitrogens is 2. The Hall–Kier alpha value is -1.91. The zero-order valence-electron chi connectivity index (χ0n) is 7.65. The van der Waals surface area contributed by atoms with Gasteiger partial charge in [-0.05, 0) is 12.5 Å². The van der Waals surface area contributed by atoms with Crippen LogP contribution in [0.5, 0.6) is 0 Å². The van der Waals surface area contributed by atoms with Crippen LogP contribution >= 0.6 is 0 Å². The number of hydrogen-bond acceptors (Lipinski definition) is 4. The van der Waals surface area contributed by atoms with Gasteiger partial charge in [0, 0.05) is 11.6 Å². The second-order valence-electron chi connectivity index (χ2n) is 3.04. The number of fused-ring (bicyclic) bond motifs is 1. The first-order valence-electron chi connectivity index (χ1n) is 4.28. The summed E-state index contributed by atoms with van der Waals surface area (Å²) in [7, 11) is 0. The number of carbonyl (C=O) groups is 1. The lowest BCUT2D eigenvalue weighted by molar-refractivity contribution is 0.0953. The van der Waals surface area contributed by atoms with E-state index in [1.165, 1.54) is 0 Å². The first kappa shape index (κ1) is 8.68. The van der Waals surface area contributed by atoms with Crippen LogP contribution in [0, 0.1) is 0 Å². The Morgan fingerprint density at radius 1 is 1.50 bits per heavy atom. The summed E-state index contributed by atoms with van der Waals surface area (Å²) in [6.45, 7) is 1.85. The number of nitrogens with zero attached hydrogens (tertiary/aromatic N) is 2. The van der Waals surface area contributed by atoms with Crippen molar-refractivity contribution in [2.75, 3.05) is 5.73 Å². The van der Waals surface area contributed by atoms with E-state index in [0.717, 1.165) is 10.6 Å². The molecule has 1 aromatic rings. The molecule has 0 atom stereocenters. The summed E-state index contributed by atoms with van der Waals surface area (Å²) in [5, 5.41) is 0. The lowest BCUT2D eigenvalue weighted by atomic mass is 10.2. The molecule has 72 valence electrons. The third kappa shape index (κ3) is 1.06. The van der Waals surface area contributed by atoms with Crippen molar-refractivity contribution in [3.05, 3.63) is 27.8 Å². The highest BCUT2D eigenvalue weighted by molar-refractivity contribution is 6.03. The standard InChI is InChI=1S/C9H9N3O2/c1-2-5-3-7-11-6(10)4-8(13)12(7)9(5)14/h3-4H,2,10H2,1H3. The van der Waals surface area contributed by atoms with Gasteiger partial charge in [0.25, 0.3) is 11.5 Å². The van der Waals surface area contributed by atoms with Crippen molar-refractivity contribution in [1.82, 2.24) is 9.55 Å². The Morgan fingerprint density at radius 3 is 2.86 bits per heavy atom. The van der Waals surface area contributed by atoms with E-state index in [0.29, 0.717) is 17.8 Å². The van der Waals surface area contributed by atoms with E-state index in [9.17, 15) is 9.59 Å². The van der Waals surface area contributed by atoms with Gasteiger partial charge in [0.05, 0.1) is 0 Å². The molecule has 5 heteroatoms. The SMILES string of the molecule is CCC1=Cc2nc(N)cc(=O)n2C1=O. The Morgan fingerprint density at radius 2 is 2.21 bits per heavy atom. The predicted octanol–water partition coefficient (Wildman–Crippen LogP) is 0.273. The molecule has 0 fully saturated rings. The van der Waals surface area contributed by atoms with Gasteiger partial charge in [-0.1, -0.05) is 6.92 Å². The summed E-state index contributed by atoms with van der Waals surface area (Å²) in [6, 6.07) is 1.15. The molecule has 0 saturated carbocycles. The monoisotopic (exact) mass is 191 g/mol. The van der Waals surface area contributed by atoms with Crippen LogP contribution in [0.1, 0.15) is 24.0 Å². The summed E-state index contributed by atoms with van der Waals surface area (Å²) in [5.41, 5.74) is 5.56. The van der Waals surface area contributed by atoms with Crippen LogP contribution in [-0.2, 0) is 0 Å². The molecular weight excluding hydrogens is 182 g/mol. The third-order valence-electron chi connectivity index (χ3n) is 2.13. The molecule has 0 amide bonds. The molecule has 0 unspecified atom stereocenters. The van der Waals surface area contributed by atoms with E-state index in [1.807, 2.05) is 6.92 Å². The van der Waals surface area contributed by atoms with Crippen molar-refractivity contribution in [1.29, 1.82) is 0 Å². The summed E-state index contributed by atoms with van der Waals surface area (Å²) in [4.78, 5) is 26.9. The largest absolute Gasteiger partial charge is 0.383 e. The first-order chi connectivity index (χ1) is 6.63. The lowest BCUT2D eigenvalue weighted by Gasteiger charge is -2.00. The molecule has 2 N–H and O–H groups in total. The number of carbonyl (C=O) groups excluding carboxylic acids is 1. The van der Waals surface area contributed by atoms with Gasteiger partial charge in [0.2, 0.25) is 0 Å². The molecule has 0 radical (unpaired) electrons. The zero-order valence-corrected chi connectivity index (χ0v) is 7.65. The number of allylic oxidation sites excluding steroid dienone is 1. The highest BCUT2D eigenvalue weighted by atomic mass is 16.2. The minimum atomic E-state index is -0.419. The van der Waals surface area contributed by atoms with Crippen molar-refractivity contribution >= 4 is 17.8 Å². The molecule has 1 aliphatic rings. The minimum absolute atomic E-state index is 0.141. The molecule has 2 rings (SSSR count). The lowest BCUT2D eigenvalue weighted by Crippen LogP contribution is -2.26. The Balaban J connectivity index is 2.70. The molecule has 0 bridgehead atoms. The zero-order chi connectivity index (χ0) is 10.3. The molecule has 2 heterocycles. The van der Waals surface area contributed by atoms with Gasteiger partial charge in [-0.25, -0.2) is 9.55 Å². The number of rotatable bonds is 1. The van der Waals surface area contributed by atoms with E-state index >= 15 is 0 Å². The van der Waals surface area contributed by atoms with Gasteiger partial charge in [0.1, 0.15) is 11.6 Å². The number of anilines is 1. The number of hydrogen-bond donors (Lipinski definition) is 1. The Kier molecular flexibility index (Phi) is 1.73. The summed E-state index contributed by atoms with van der Waals surface area (Å²) >= 11 is 0. The molecule has 0 aliphatic carbocycles. The smallest absolute Gasteiger partial charge is 0.262 e. The fraction of sp³-hybridized carbons (Fsp3) is 0.222. The Bertz CT molecular complexity index is 499. The first-order valence-corrected chi connectivity index (χ1v) is 4.28. The summed E-state index contributed by atoms with van der Waals surface area (Å²) in [5.74, 6) is 0.180. The normalized spacial score (nSPS) is 14.1. The van der Waals surface area contributed by atoms with Crippen LogP contribution in [-0.4, -0.2) is 15.5 Å². The molecule has 1 aromatic heterocycles. The average Bonchev–Trinajstić information content (AvgIpc) is 2.42. The van der Waals surface area contributed by atoms with Crippen molar-refractivity contribution < 1.29 is 4.79 Å². The maximum Gasteiger partial charge on any atom is 0.262 e. The second-order valence-corrected chi connectivity index (χ2v) is 3.04. The second kappa shape index (κ2) is 2.80. The molecule has 0 spiro atoms. The average molecular weight is 191 g/mol. The molecule has 14 heavy (non-hydrogen) atoms. The highest BCUT2D eigenvalue weighted by Crippen LogP contribution is 2.17. The number of nitrogen functional groups attached to an aromatic ring is 1. The van der Waals surface area contributed by atoms with Gasteiger partial charge in [-0.3, -0.25) is 9.59 Å². The van der Waals surface area contributed by atoms with Crippen LogP contribution < -0.4 is 11.3 Å². The molecule has 0 saturated heterocycles. The van der Waals surface area contributed by atoms with Gasteiger partial charge in [-0.2, -0.15) is 0 Å². The fourth-order valence-corrected chi connectivity index (χ4v) is 1.43. The van der Waals surface area contributed by atoms with Crippen LogP contribution in [0.15, 0.2) is 16.4 Å².